The van der Waals surface area contributed by atoms with Crippen LogP contribution in [-0.2, 0) is 0 Å². The molecule has 0 spiro atoms. The first-order valence-electron chi connectivity index (χ1n) is 7.49. The molecule has 2 bridgehead atoms. The lowest BCUT2D eigenvalue weighted by Crippen LogP contribution is -2.55. The summed E-state index contributed by atoms with van der Waals surface area (Å²) >= 11 is 0. The van der Waals surface area contributed by atoms with Crippen LogP contribution in [0.1, 0.15) is 52.9 Å². The molecule has 3 unspecified atom stereocenters. The summed E-state index contributed by atoms with van der Waals surface area (Å²) in [5.74, 6) is 0.798. The zero-order chi connectivity index (χ0) is 13.0. The van der Waals surface area contributed by atoms with Gasteiger partial charge in [0.2, 0.25) is 0 Å². The molecule has 2 amide bonds. The van der Waals surface area contributed by atoms with Crippen molar-refractivity contribution in [2.45, 2.75) is 58.9 Å². The Labute approximate surface area is 110 Å². The summed E-state index contributed by atoms with van der Waals surface area (Å²) in [7, 11) is 0. The van der Waals surface area contributed by atoms with Crippen molar-refractivity contribution in [1.29, 1.82) is 0 Å². The Morgan fingerprint density at radius 1 is 1.22 bits per heavy atom. The molecule has 2 aliphatic carbocycles. The topological polar surface area (TPSA) is 32.3 Å². The SMILES string of the molecule is CC12CCC(C1)C(C)(C)C2NC(=O)N1CCCC1. The van der Waals surface area contributed by atoms with Crippen LogP contribution in [0.2, 0.25) is 0 Å². The third-order valence-corrected chi connectivity index (χ3v) is 5.93. The Kier molecular flexibility index (Phi) is 2.65. The van der Waals surface area contributed by atoms with Crippen LogP contribution >= 0.6 is 0 Å². The average Bonchev–Trinajstić information content (AvgIpc) is 2.96. The second-order valence-electron chi connectivity index (χ2n) is 7.49. The van der Waals surface area contributed by atoms with E-state index in [2.05, 4.69) is 26.1 Å². The maximum absolute atomic E-state index is 12.3. The second-order valence-corrected chi connectivity index (χ2v) is 7.49. The third-order valence-electron chi connectivity index (χ3n) is 5.93. The van der Waals surface area contributed by atoms with Crippen LogP contribution in [0.4, 0.5) is 4.79 Å². The standard InChI is InChI=1S/C15H26N2O/c1-14(2)11-6-7-15(3,10-11)12(14)16-13(18)17-8-4-5-9-17/h11-12H,4-10H2,1-3H3,(H,16,18). The first-order valence-corrected chi connectivity index (χ1v) is 7.49. The summed E-state index contributed by atoms with van der Waals surface area (Å²) in [5, 5.41) is 3.37. The van der Waals surface area contributed by atoms with E-state index in [1.54, 1.807) is 0 Å². The number of urea groups is 1. The van der Waals surface area contributed by atoms with Gasteiger partial charge >= 0.3 is 6.03 Å². The quantitative estimate of drug-likeness (QED) is 0.762. The van der Waals surface area contributed by atoms with Gasteiger partial charge in [-0.2, -0.15) is 0 Å². The Morgan fingerprint density at radius 2 is 1.89 bits per heavy atom. The molecule has 3 fully saturated rings. The summed E-state index contributed by atoms with van der Waals surface area (Å²) in [6.07, 6.45) is 6.26. The van der Waals surface area contributed by atoms with Crippen LogP contribution < -0.4 is 5.32 Å². The van der Waals surface area contributed by atoms with E-state index in [0.717, 1.165) is 19.0 Å². The van der Waals surface area contributed by atoms with E-state index in [9.17, 15) is 4.79 Å². The molecule has 3 aliphatic rings. The van der Waals surface area contributed by atoms with Crippen molar-refractivity contribution >= 4 is 6.03 Å². The predicted molar refractivity (Wildman–Crippen MR) is 72.4 cm³/mol. The minimum absolute atomic E-state index is 0.180. The fourth-order valence-corrected chi connectivity index (χ4v) is 4.80. The van der Waals surface area contributed by atoms with Crippen molar-refractivity contribution in [2.24, 2.45) is 16.7 Å². The highest BCUT2D eigenvalue weighted by Crippen LogP contribution is 2.62. The minimum Gasteiger partial charge on any atom is -0.334 e. The van der Waals surface area contributed by atoms with Gasteiger partial charge in [-0.1, -0.05) is 20.8 Å². The van der Waals surface area contributed by atoms with E-state index >= 15 is 0 Å². The van der Waals surface area contributed by atoms with Crippen LogP contribution in [0.3, 0.4) is 0 Å². The molecule has 18 heavy (non-hydrogen) atoms. The van der Waals surface area contributed by atoms with Gasteiger partial charge in [0.25, 0.3) is 0 Å². The molecule has 0 aromatic rings. The Balaban J connectivity index is 1.73. The number of nitrogens with one attached hydrogen (secondary N) is 1. The van der Waals surface area contributed by atoms with E-state index < -0.39 is 0 Å². The summed E-state index contributed by atoms with van der Waals surface area (Å²) in [6.45, 7) is 8.95. The molecular weight excluding hydrogens is 224 g/mol. The van der Waals surface area contributed by atoms with Gasteiger partial charge in [0.1, 0.15) is 0 Å². The van der Waals surface area contributed by atoms with Gasteiger partial charge in [-0.05, 0) is 48.9 Å². The molecule has 0 aromatic heterocycles. The normalized spacial score (nSPS) is 41.4. The Bertz CT molecular complexity index is 355. The molecule has 3 nitrogen and oxygen atoms in total. The van der Waals surface area contributed by atoms with Crippen molar-refractivity contribution in [3.05, 3.63) is 0 Å². The van der Waals surface area contributed by atoms with Gasteiger partial charge in [-0.25, -0.2) is 4.79 Å². The number of nitrogens with zero attached hydrogens (tertiary/aromatic N) is 1. The van der Waals surface area contributed by atoms with Gasteiger partial charge in [0.05, 0.1) is 0 Å². The van der Waals surface area contributed by atoms with E-state index in [1.807, 2.05) is 4.90 Å². The fourth-order valence-electron chi connectivity index (χ4n) is 4.80. The smallest absolute Gasteiger partial charge is 0.317 e. The average molecular weight is 250 g/mol. The maximum Gasteiger partial charge on any atom is 0.317 e. The molecule has 3 rings (SSSR count). The minimum atomic E-state index is 0.180. The van der Waals surface area contributed by atoms with Crippen molar-refractivity contribution in [3.63, 3.8) is 0 Å². The summed E-state index contributed by atoms with van der Waals surface area (Å²) in [4.78, 5) is 14.3. The molecule has 1 aliphatic heterocycles. The molecule has 1 heterocycles. The molecule has 2 saturated carbocycles. The van der Waals surface area contributed by atoms with Crippen molar-refractivity contribution in [2.75, 3.05) is 13.1 Å². The molecule has 1 N–H and O–H groups in total. The summed E-state index contributed by atoms with van der Waals surface area (Å²) in [5.41, 5.74) is 0.603. The highest BCUT2D eigenvalue weighted by atomic mass is 16.2. The molecule has 0 radical (unpaired) electrons. The van der Waals surface area contributed by atoms with Gasteiger partial charge in [0.15, 0.2) is 0 Å². The molecule has 102 valence electrons. The largest absolute Gasteiger partial charge is 0.334 e. The lowest BCUT2D eigenvalue weighted by molar-refractivity contribution is 0.107. The lowest BCUT2D eigenvalue weighted by atomic mass is 9.68. The maximum atomic E-state index is 12.3. The lowest BCUT2D eigenvalue weighted by Gasteiger charge is -2.43. The zero-order valence-corrected chi connectivity index (χ0v) is 12.0. The number of hydrogen-bond donors (Lipinski definition) is 1. The number of likely N-dealkylation sites (tertiary alicyclic amines) is 1. The molecule has 0 aromatic carbocycles. The van der Waals surface area contributed by atoms with E-state index in [-0.39, 0.29) is 11.4 Å². The zero-order valence-electron chi connectivity index (χ0n) is 12.0. The number of hydrogen-bond acceptors (Lipinski definition) is 1. The van der Waals surface area contributed by atoms with Crippen LogP contribution in [0, 0.1) is 16.7 Å². The summed E-state index contributed by atoms with van der Waals surface area (Å²) in [6, 6.07) is 0.538. The van der Waals surface area contributed by atoms with E-state index in [4.69, 9.17) is 0 Å². The molecule has 1 saturated heterocycles. The number of rotatable bonds is 1. The van der Waals surface area contributed by atoms with Crippen molar-refractivity contribution in [1.82, 2.24) is 10.2 Å². The van der Waals surface area contributed by atoms with Gasteiger partial charge in [0, 0.05) is 19.1 Å². The van der Waals surface area contributed by atoms with E-state index in [1.165, 1.54) is 32.1 Å². The predicted octanol–water partition coefficient (Wildman–Crippen LogP) is 3.01. The fraction of sp³-hybridized carbons (Fsp3) is 0.933. The third kappa shape index (κ3) is 1.66. The van der Waals surface area contributed by atoms with Crippen LogP contribution in [0.15, 0.2) is 0 Å². The van der Waals surface area contributed by atoms with Gasteiger partial charge in [-0.3, -0.25) is 0 Å². The number of amides is 2. The highest BCUT2D eigenvalue weighted by Gasteiger charge is 2.59. The molecule has 3 atom stereocenters. The van der Waals surface area contributed by atoms with Crippen LogP contribution in [-0.4, -0.2) is 30.1 Å². The number of fused-ring (bicyclic) bond motifs is 2. The van der Waals surface area contributed by atoms with E-state index in [0.29, 0.717) is 11.5 Å². The second kappa shape index (κ2) is 3.88. The van der Waals surface area contributed by atoms with Crippen LogP contribution in [0.5, 0.6) is 0 Å². The molecular formula is C15H26N2O. The van der Waals surface area contributed by atoms with Gasteiger partial charge in [-0.15, -0.1) is 0 Å². The summed E-state index contributed by atoms with van der Waals surface area (Å²) < 4.78 is 0. The van der Waals surface area contributed by atoms with Gasteiger partial charge < -0.3 is 10.2 Å². The highest BCUT2D eigenvalue weighted by molar-refractivity contribution is 5.75. The Hall–Kier alpha value is -0.730. The Morgan fingerprint density at radius 3 is 2.44 bits per heavy atom. The monoisotopic (exact) mass is 250 g/mol. The van der Waals surface area contributed by atoms with Crippen molar-refractivity contribution in [3.8, 4) is 0 Å². The molecule has 3 heteroatoms. The first-order chi connectivity index (χ1) is 8.43. The first kappa shape index (κ1) is 12.3. The number of carbonyl (C=O) groups is 1. The number of carbonyl (C=O) groups excluding carboxylic acids is 1. The van der Waals surface area contributed by atoms with Crippen molar-refractivity contribution < 1.29 is 4.79 Å². The van der Waals surface area contributed by atoms with Crippen LogP contribution in [0.25, 0.3) is 0 Å².